The summed E-state index contributed by atoms with van der Waals surface area (Å²) in [6.07, 6.45) is 51.6. The Labute approximate surface area is 588 Å². The summed E-state index contributed by atoms with van der Waals surface area (Å²) in [5.41, 5.74) is 0. The molecule has 0 aromatic carbocycles. The van der Waals surface area contributed by atoms with Gasteiger partial charge >= 0.3 is 39.5 Å². The van der Waals surface area contributed by atoms with E-state index < -0.39 is 97.5 Å². The lowest BCUT2D eigenvalue weighted by molar-refractivity contribution is -0.161. The monoisotopic (exact) mass is 1410 g/mol. The van der Waals surface area contributed by atoms with Gasteiger partial charge in [-0.25, -0.2) is 9.13 Å². The number of phosphoric acid groups is 2. The van der Waals surface area contributed by atoms with E-state index in [1.165, 1.54) is 186 Å². The molecule has 4 unspecified atom stereocenters. The topological polar surface area (TPSA) is 237 Å². The van der Waals surface area contributed by atoms with Crippen LogP contribution in [0.2, 0.25) is 0 Å². The molecule has 96 heavy (non-hydrogen) atoms. The van der Waals surface area contributed by atoms with Crippen molar-refractivity contribution in [1.29, 1.82) is 0 Å². The molecule has 19 heteroatoms. The first-order valence-corrected chi connectivity index (χ1v) is 42.8. The van der Waals surface area contributed by atoms with Crippen molar-refractivity contribution in [2.45, 2.75) is 408 Å². The smallest absolute Gasteiger partial charge is 0.462 e. The highest BCUT2D eigenvalue weighted by Crippen LogP contribution is 2.45. The van der Waals surface area contributed by atoms with Crippen LogP contribution in [0.5, 0.6) is 0 Å². The number of esters is 4. The number of hydrogen-bond acceptors (Lipinski definition) is 15. The molecule has 0 fully saturated rings. The Morgan fingerprint density at radius 2 is 0.500 bits per heavy atom. The van der Waals surface area contributed by atoms with Crippen LogP contribution in [0.15, 0.2) is 0 Å². The van der Waals surface area contributed by atoms with Gasteiger partial charge in [0.2, 0.25) is 0 Å². The molecule has 3 N–H and O–H groups in total. The number of rotatable bonds is 74. The molecule has 7 atom stereocenters. The third-order valence-electron chi connectivity index (χ3n) is 18.5. The fraction of sp³-hybridized carbons (Fsp3) is 0.948. The molecule has 17 nitrogen and oxygen atoms in total. The van der Waals surface area contributed by atoms with Crippen molar-refractivity contribution in [3.63, 3.8) is 0 Å². The van der Waals surface area contributed by atoms with Crippen LogP contribution in [-0.2, 0) is 65.4 Å². The van der Waals surface area contributed by atoms with Gasteiger partial charge in [0.05, 0.1) is 26.4 Å². The SMILES string of the molecule is CCC(C)CCCCCCCCCCCCCCCCCCCCC(=O)OC[C@H](COP(=O)(O)OC[C@@H](O)COP(=O)(O)OC[C@@H](COC(=O)CCCCCCCCC(C)C)OC(=O)CCCCCCCCCCC(C)CC)OC(=O)CCCCCCCCCCCCC(C)C. The molecule has 0 rings (SSSR count). The first-order chi connectivity index (χ1) is 46.2. The van der Waals surface area contributed by atoms with Crippen molar-refractivity contribution in [3.05, 3.63) is 0 Å². The number of aliphatic hydroxyl groups is 1. The molecule has 0 saturated carbocycles. The third kappa shape index (κ3) is 67.9. The van der Waals surface area contributed by atoms with E-state index in [9.17, 15) is 43.2 Å². The van der Waals surface area contributed by atoms with Gasteiger partial charge in [-0.2, -0.15) is 0 Å². The van der Waals surface area contributed by atoms with E-state index in [0.717, 1.165) is 114 Å². The Morgan fingerprint density at radius 1 is 0.292 bits per heavy atom. The van der Waals surface area contributed by atoms with Crippen molar-refractivity contribution in [3.8, 4) is 0 Å². The van der Waals surface area contributed by atoms with Crippen molar-refractivity contribution < 1.29 is 80.2 Å². The van der Waals surface area contributed by atoms with Crippen LogP contribution in [0.3, 0.4) is 0 Å². The lowest BCUT2D eigenvalue weighted by Gasteiger charge is -2.21. The van der Waals surface area contributed by atoms with E-state index in [2.05, 4.69) is 55.4 Å². The van der Waals surface area contributed by atoms with Gasteiger partial charge in [-0.15, -0.1) is 0 Å². The van der Waals surface area contributed by atoms with Crippen molar-refractivity contribution >= 4 is 39.5 Å². The standard InChI is InChI=1S/C77H150O17P2/c1-9-69(7)55-47-39-30-24-19-17-15-13-11-12-14-16-18-20-25-32-41-49-57-74(79)87-63-72(93-76(81)59-51-43-33-26-22-21-23-29-37-45-53-67(3)4)65-91-95(83,84)89-61-71(78)62-90-96(85,86)92-66-73(64-88-75(80)58-50-42-36-35-38-46-54-68(5)6)94-77(82)60-52-44-34-28-27-31-40-48-56-70(8)10-2/h67-73,78H,9-66H2,1-8H3,(H,83,84)(H,85,86)/t69?,70?,71-,72-,73-/m1/s1. The predicted octanol–water partition coefficient (Wildman–Crippen LogP) is 22.4. The average Bonchev–Trinajstić information content (AvgIpc) is 2.05. The van der Waals surface area contributed by atoms with Crippen molar-refractivity contribution in [2.75, 3.05) is 39.6 Å². The van der Waals surface area contributed by atoms with Crippen LogP contribution in [-0.4, -0.2) is 96.7 Å². The van der Waals surface area contributed by atoms with Crippen LogP contribution < -0.4 is 0 Å². The van der Waals surface area contributed by atoms with Gasteiger partial charge in [-0.3, -0.25) is 37.3 Å². The first-order valence-electron chi connectivity index (χ1n) is 39.8. The van der Waals surface area contributed by atoms with Gasteiger partial charge in [0.15, 0.2) is 12.2 Å². The minimum Gasteiger partial charge on any atom is -0.462 e. The summed E-state index contributed by atoms with van der Waals surface area (Å²) in [5, 5.41) is 10.6. The molecule has 570 valence electrons. The summed E-state index contributed by atoms with van der Waals surface area (Å²) in [7, 11) is -9.91. The number of carbonyl (C=O) groups excluding carboxylic acids is 4. The predicted molar refractivity (Wildman–Crippen MR) is 391 cm³/mol. The molecule has 0 aliphatic heterocycles. The Balaban J connectivity index is 5.16. The molecule has 0 saturated heterocycles. The van der Waals surface area contributed by atoms with Gasteiger partial charge in [0.25, 0.3) is 0 Å². The summed E-state index contributed by atoms with van der Waals surface area (Å²) in [6.45, 7) is 14.2. The van der Waals surface area contributed by atoms with Crippen LogP contribution in [0.1, 0.15) is 389 Å². The number of unbranched alkanes of at least 4 members (excludes halogenated alkanes) is 38. The molecule has 0 bridgehead atoms. The maximum Gasteiger partial charge on any atom is 0.472 e. The Hall–Kier alpha value is -1.94. The first kappa shape index (κ1) is 94.1. The van der Waals surface area contributed by atoms with E-state index in [4.69, 9.17) is 37.0 Å². The number of aliphatic hydroxyl groups excluding tert-OH is 1. The normalized spacial score (nSPS) is 14.7. The highest BCUT2D eigenvalue weighted by Gasteiger charge is 2.30. The summed E-state index contributed by atoms with van der Waals surface area (Å²) in [4.78, 5) is 72.8. The van der Waals surface area contributed by atoms with Crippen LogP contribution in [0, 0.1) is 23.7 Å². The zero-order chi connectivity index (χ0) is 71.0. The van der Waals surface area contributed by atoms with E-state index in [-0.39, 0.29) is 25.7 Å². The highest BCUT2D eigenvalue weighted by atomic mass is 31.2. The molecule has 0 heterocycles. The zero-order valence-corrected chi connectivity index (χ0v) is 64.8. The lowest BCUT2D eigenvalue weighted by atomic mass is 9.99. The van der Waals surface area contributed by atoms with Gasteiger partial charge in [0, 0.05) is 25.7 Å². The Kier molecular flexibility index (Phi) is 65.0. The van der Waals surface area contributed by atoms with Gasteiger partial charge in [-0.1, -0.05) is 338 Å². The fourth-order valence-electron chi connectivity index (χ4n) is 11.7. The molecule has 0 aromatic rings. The molecule has 0 aliphatic carbocycles. The molecule has 0 radical (unpaired) electrons. The second-order valence-corrected chi connectivity index (χ2v) is 32.1. The quantitative estimate of drug-likeness (QED) is 0.0222. The molecule has 0 aromatic heterocycles. The minimum atomic E-state index is -4.96. The van der Waals surface area contributed by atoms with Gasteiger partial charge in [-0.05, 0) is 49.4 Å². The van der Waals surface area contributed by atoms with E-state index in [0.29, 0.717) is 31.6 Å². The van der Waals surface area contributed by atoms with Crippen molar-refractivity contribution in [1.82, 2.24) is 0 Å². The second kappa shape index (κ2) is 66.3. The van der Waals surface area contributed by atoms with Crippen molar-refractivity contribution in [2.24, 2.45) is 23.7 Å². The Bertz CT molecular complexity index is 1890. The third-order valence-corrected chi connectivity index (χ3v) is 20.4. The fourth-order valence-corrected chi connectivity index (χ4v) is 13.2. The number of ether oxygens (including phenoxy) is 4. The maximum atomic E-state index is 13.1. The Morgan fingerprint density at radius 3 is 0.740 bits per heavy atom. The second-order valence-electron chi connectivity index (χ2n) is 29.2. The van der Waals surface area contributed by atoms with E-state index in [1.54, 1.807) is 0 Å². The van der Waals surface area contributed by atoms with E-state index in [1.807, 2.05) is 0 Å². The number of phosphoric ester groups is 2. The summed E-state index contributed by atoms with van der Waals surface area (Å²) in [5.74, 6) is 0.950. The van der Waals surface area contributed by atoms with Crippen LogP contribution >= 0.6 is 15.6 Å². The molecule has 0 aliphatic rings. The van der Waals surface area contributed by atoms with Crippen LogP contribution in [0.25, 0.3) is 0 Å². The average molecular weight is 1410 g/mol. The van der Waals surface area contributed by atoms with Gasteiger partial charge in [0.1, 0.15) is 19.3 Å². The molecular formula is C77H150O17P2. The van der Waals surface area contributed by atoms with Gasteiger partial charge < -0.3 is 33.8 Å². The molecule has 0 spiro atoms. The molecule has 0 amide bonds. The van der Waals surface area contributed by atoms with Crippen LogP contribution in [0.4, 0.5) is 0 Å². The van der Waals surface area contributed by atoms with E-state index >= 15 is 0 Å². The number of hydrogen-bond donors (Lipinski definition) is 3. The minimum absolute atomic E-state index is 0.104. The summed E-state index contributed by atoms with van der Waals surface area (Å²) in [6, 6.07) is 0. The lowest BCUT2D eigenvalue weighted by Crippen LogP contribution is -2.30. The largest absolute Gasteiger partial charge is 0.472 e. The number of carbonyl (C=O) groups is 4. The highest BCUT2D eigenvalue weighted by molar-refractivity contribution is 7.47. The molecular weight excluding hydrogens is 1260 g/mol. The maximum absolute atomic E-state index is 13.1. The summed E-state index contributed by atoms with van der Waals surface area (Å²) < 4.78 is 68.5. The zero-order valence-electron chi connectivity index (χ0n) is 63.0. The summed E-state index contributed by atoms with van der Waals surface area (Å²) >= 11 is 0.